The minimum absolute atomic E-state index is 0.197. The Morgan fingerprint density at radius 1 is 1.38 bits per heavy atom. The molecule has 0 aliphatic carbocycles. The van der Waals surface area contributed by atoms with Crippen LogP contribution in [0.3, 0.4) is 0 Å². The fourth-order valence-electron chi connectivity index (χ4n) is 1.98. The summed E-state index contributed by atoms with van der Waals surface area (Å²) in [6, 6.07) is 6.52. The lowest BCUT2D eigenvalue weighted by atomic mass is 10.1. The van der Waals surface area contributed by atoms with Gasteiger partial charge in [0.25, 0.3) is 0 Å². The van der Waals surface area contributed by atoms with Gasteiger partial charge in [-0.05, 0) is 45.2 Å². The van der Waals surface area contributed by atoms with Crippen molar-refractivity contribution in [1.29, 1.82) is 0 Å². The molecular formula is C13H20N2O. The van der Waals surface area contributed by atoms with Gasteiger partial charge in [-0.25, -0.2) is 4.98 Å². The van der Waals surface area contributed by atoms with Crippen molar-refractivity contribution in [3.63, 3.8) is 0 Å². The summed E-state index contributed by atoms with van der Waals surface area (Å²) >= 11 is 0. The number of rotatable bonds is 3. The summed E-state index contributed by atoms with van der Waals surface area (Å²) in [5.41, 5.74) is 1.06. The van der Waals surface area contributed by atoms with Crippen LogP contribution in [0.5, 0.6) is 0 Å². The van der Waals surface area contributed by atoms with Crippen LogP contribution in [0.15, 0.2) is 18.2 Å². The minimum Gasteiger partial charge on any atom is -0.372 e. The molecule has 3 heteroatoms. The second-order valence-electron chi connectivity index (χ2n) is 4.60. The molecule has 1 aromatic rings. The molecule has 3 nitrogen and oxygen atoms in total. The Balaban J connectivity index is 2.08. The van der Waals surface area contributed by atoms with Crippen LogP contribution in [0.2, 0.25) is 0 Å². The molecule has 1 fully saturated rings. The summed E-state index contributed by atoms with van der Waals surface area (Å²) in [5, 5.41) is 3.32. The average Bonchev–Trinajstić information content (AvgIpc) is 2.30. The van der Waals surface area contributed by atoms with Crippen molar-refractivity contribution in [2.24, 2.45) is 0 Å². The van der Waals surface area contributed by atoms with Crippen molar-refractivity contribution in [3.8, 4) is 0 Å². The van der Waals surface area contributed by atoms with Gasteiger partial charge < -0.3 is 10.1 Å². The van der Waals surface area contributed by atoms with Crippen LogP contribution in [0.4, 0.5) is 5.82 Å². The largest absolute Gasteiger partial charge is 0.372 e. The van der Waals surface area contributed by atoms with Crippen LogP contribution in [0.1, 0.15) is 44.9 Å². The first-order valence-corrected chi connectivity index (χ1v) is 6.11. The Morgan fingerprint density at radius 3 is 2.94 bits per heavy atom. The second kappa shape index (κ2) is 5.30. The lowest BCUT2D eigenvalue weighted by Crippen LogP contribution is -2.15. The highest BCUT2D eigenvalue weighted by atomic mass is 16.5. The summed E-state index contributed by atoms with van der Waals surface area (Å²) in [6.45, 7) is 5.10. The lowest BCUT2D eigenvalue weighted by Gasteiger charge is -2.22. The molecule has 1 N–H and O–H groups in total. The molecule has 0 saturated carbocycles. The Kier molecular flexibility index (Phi) is 3.78. The van der Waals surface area contributed by atoms with Crippen LogP contribution in [0.25, 0.3) is 0 Å². The van der Waals surface area contributed by atoms with Crippen molar-refractivity contribution in [3.05, 3.63) is 23.9 Å². The van der Waals surface area contributed by atoms with Gasteiger partial charge in [0.15, 0.2) is 0 Å². The van der Waals surface area contributed by atoms with E-state index in [0.717, 1.165) is 24.5 Å². The SMILES string of the molecule is CC(C)Nc1cccc([C@@H]2CCCCO2)n1. The summed E-state index contributed by atoms with van der Waals surface area (Å²) in [4.78, 5) is 4.60. The molecule has 0 radical (unpaired) electrons. The van der Waals surface area contributed by atoms with Gasteiger partial charge in [-0.15, -0.1) is 0 Å². The Labute approximate surface area is 97.2 Å². The van der Waals surface area contributed by atoms with E-state index in [1.165, 1.54) is 12.8 Å². The number of anilines is 1. The van der Waals surface area contributed by atoms with E-state index >= 15 is 0 Å². The highest BCUT2D eigenvalue weighted by Gasteiger charge is 2.17. The molecule has 0 spiro atoms. The van der Waals surface area contributed by atoms with E-state index in [-0.39, 0.29) is 6.10 Å². The van der Waals surface area contributed by atoms with Crippen LogP contribution in [0, 0.1) is 0 Å². The van der Waals surface area contributed by atoms with Gasteiger partial charge in [-0.3, -0.25) is 0 Å². The molecular weight excluding hydrogens is 200 g/mol. The molecule has 2 heterocycles. The summed E-state index contributed by atoms with van der Waals surface area (Å²) in [6.07, 6.45) is 3.72. The van der Waals surface area contributed by atoms with Gasteiger partial charge in [0.2, 0.25) is 0 Å². The standard InChI is InChI=1S/C13H20N2O/c1-10(2)14-13-8-5-6-11(15-13)12-7-3-4-9-16-12/h5-6,8,10,12H,3-4,7,9H2,1-2H3,(H,14,15)/t12-/m0/s1. The molecule has 1 aromatic heterocycles. The van der Waals surface area contributed by atoms with Crippen molar-refractivity contribution < 1.29 is 4.74 Å². The number of hydrogen-bond acceptors (Lipinski definition) is 3. The van der Waals surface area contributed by atoms with Crippen LogP contribution in [-0.4, -0.2) is 17.6 Å². The van der Waals surface area contributed by atoms with Gasteiger partial charge >= 0.3 is 0 Å². The number of nitrogens with one attached hydrogen (secondary N) is 1. The van der Waals surface area contributed by atoms with Crippen molar-refractivity contribution >= 4 is 5.82 Å². The fourth-order valence-corrected chi connectivity index (χ4v) is 1.98. The third-order valence-electron chi connectivity index (χ3n) is 2.72. The van der Waals surface area contributed by atoms with Gasteiger partial charge in [0.05, 0.1) is 11.8 Å². The van der Waals surface area contributed by atoms with Crippen LogP contribution < -0.4 is 5.32 Å². The van der Waals surface area contributed by atoms with Crippen LogP contribution >= 0.6 is 0 Å². The lowest BCUT2D eigenvalue weighted by molar-refractivity contribution is 0.0124. The molecule has 1 atom stereocenters. The number of pyridine rings is 1. The maximum absolute atomic E-state index is 5.73. The molecule has 0 unspecified atom stereocenters. The first-order valence-electron chi connectivity index (χ1n) is 6.11. The van der Waals surface area contributed by atoms with Crippen LogP contribution in [-0.2, 0) is 4.74 Å². The van der Waals surface area contributed by atoms with Gasteiger partial charge in [0, 0.05) is 12.6 Å². The van der Waals surface area contributed by atoms with Gasteiger partial charge in [0.1, 0.15) is 5.82 Å². The van der Waals surface area contributed by atoms with E-state index in [1.807, 2.05) is 12.1 Å². The number of aromatic nitrogens is 1. The predicted octanol–water partition coefficient (Wildman–Crippen LogP) is 3.14. The molecule has 88 valence electrons. The summed E-state index contributed by atoms with van der Waals surface area (Å²) < 4.78 is 5.73. The quantitative estimate of drug-likeness (QED) is 0.849. The molecule has 0 amide bonds. The monoisotopic (exact) mass is 220 g/mol. The number of nitrogens with zero attached hydrogens (tertiary/aromatic N) is 1. The third kappa shape index (κ3) is 2.95. The first-order chi connectivity index (χ1) is 7.75. The molecule has 2 rings (SSSR count). The molecule has 16 heavy (non-hydrogen) atoms. The van der Waals surface area contributed by atoms with Gasteiger partial charge in [-0.2, -0.15) is 0 Å². The topological polar surface area (TPSA) is 34.1 Å². The summed E-state index contributed by atoms with van der Waals surface area (Å²) in [5.74, 6) is 0.946. The molecule has 1 saturated heterocycles. The molecule has 0 aromatic carbocycles. The van der Waals surface area contributed by atoms with Crippen molar-refractivity contribution in [1.82, 2.24) is 4.98 Å². The Bertz CT molecular complexity index is 332. The normalized spacial score (nSPS) is 21.1. The maximum atomic E-state index is 5.73. The molecule has 1 aliphatic rings. The number of hydrogen-bond donors (Lipinski definition) is 1. The van der Waals surface area contributed by atoms with E-state index in [2.05, 4.69) is 30.2 Å². The molecule has 0 bridgehead atoms. The highest BCUT2D eigenvalue weighted by Crippen LogP contribution is 2.27. The van der Waals surface area contributed by atoms with Crippen molar-refractivity contribution in [2.75, 3.05) is 11.9 Å². The average molecular weight is 220 g/mol. The van der Waals surface area contributed by atoms with E-state index in [1.54, 1.807) is 0 Å². The maximum Gasteiger partial charge on any atom is 0.126 e. The first kappa shape index (κ1) is 11.4. The Morgan fingerprint density at radius 2 is 2.25 bits per heavy atom. The fraction of sp³-hybridized carbons (Fsp3) is 0.615. The molecule has 1 aliphatic heterocycles. The third-order valence-corrected chi connectivity index (χ3v) is 2.72. The predicted molar refractivity (Wildman–Crippen MR) is 65.5 cm³/mol. The van der Waals surface area contributed by atoms with E-state index in [0.29, 0.717) is 6.04 Å². The van der Waals surface area contributed by atoms with E-state index < -0.39 is 0 Å². The zero-order chi connectivity index (χ0) is 11.4. The zero-order valence-electron chi connectivity index (χ0n) is 10.1. The second-order valence-corrected chi connectivity index (χ2v) is 4.60. The van der Waals surface area contributed by atoms with Crippen molar-refractivity contribution in [2.45, 2.75) is 45.3 Å². The Hall–Kier alpha value is -1.09. The van der Waals surface area contributed by atoms with E-state index in [9.17, 15) is 0 Å². The summed E-state index contributed by atoms with van der Waals surface area (Å²) in [7, 11) is 0. The number of ether oxygens (including phenoxy) is 1. The highest BCUT2D eigenvalue weighted by molar-refractivity contribution is 5.36. The smallest absolute Gasteiger partial charge is 0.126 e. The van der Waals surface area contributed by atoms with Gasteiger partial charge in [-0.1, -0.05) is 6.07 Å². The minimum atomic E-state index is 0.197. The van der Waals surface area contributed by atoms with E-state index in [4.69, 9.17) is 4.74 Å². The zero-order valence-corrected chi connectivity index (χ0v) is 10.1.